The normalized spacial score (nSPS) is 18.6. The van der Waals surface area contributed by atoms with Crippen molar-refractivity contribution in [3.8, 4) is 17.6 Å². The maximum absolute atomic E-state index is 13.6. The fourth-order valence-electron chi connectivity index (χ4n) is 4.66. The maximum Gasteiger partial charge on any atom is 0.573 e. The lowest BCUT2D eigenvalue weighted by atomic mass is 9.93. The molecule has 0 radical (unpaired) electrons. The smallest absolute Gasteiger partial charge is 0.406 e. The number of alkyl halides is 3. The number of pyridine rings is 1. The van der Waals surface area contributed by atoms with E-state index >= 15 is 0 Å². The molecule has 3 amide bonds. The number of likely N-dealkylation sites (tertiary alicyclic amines) is 1. The van der Waals surface area contributed by atoms with E-state index in [1.807, 2.05) is 13.0 Å². The number of ether oxygens (including phenoxy) is 1. The molecule has 1 aliphatic heterocycles. The number of nitrogens with two attached hydrogens (primary N) is 1. The molecule has 1 saturated heterocycles. The molecule has 8 nitrogen and oxygen atoms in total. The highest BCUT2D eigenvalue weighted by Crippen LogP contribution is 2.50. The zero-order valence-corrected chi connectivity index (χ0v) is 20.7. The fourth-order valence-corrected chi connectivity index (χ4v) is 4.66. The first-order valence-corrected chi connectivity index (χ1v) is 12.2. The standard InChI is InChI=1S/C27H27F3N4O4/c1-17-10-13-32-19(15-17)6-7-20(16-23(31)35)33-24(36)22-3-2-14-34(22)25(37)26(11-12-26)18-4-8-21(9-5-18)38-27(28,29)30/h4-5,8-10,13,15,20,22H,2-3,11-12,14,16H2,1H3,(H2,31,35)(H,33,36)/t20-,22+/m1/s1. The Hall–Kier alpha value is -4.07. The Balaban J connectivity index is 1.47. The lowest BCUT2D eigenvalue weighted by Gasteiger charge is -2.29. The van der Waals surface area contributed by atoms with Crippen LogP contribution in [0.3, 0.4) is 0 Å². The highest BCUT2D eigenvalue weighted by molar-refractivity contribution is 5.96. The van der Waals surface area contributed by atoms with Gasteiger partial charge in [-0.05, 0) is 73.9 Å². The third kappa shape index (κ3) is 6.43. The van der Waals surface area contributed by atoms with Crippen molar-refractivity contribution >= 4 is 17.7 Å². The number of primary amides is 1. The van der Waals surface area contributed by atoms with Gasteiger partial charge in [0.1, 0.15) is 17.5 Å². The molecule has 4 rings (SSSR count). The van der Waals surface area contributed by atoms with Gasteiger partial charge in [-0.25, -0.2) is 4.98 Å². The number of nitrogens with zero attached hydrogens (tertiary/aromatic N) is 2. The van der Waals surface area contributed by atoms with Crippen molar-refractivity contribution in [1.82, 2.24) is 15.2 Å². The molecule has 200 valence electrons. The topological polar surface area (TPSA) is 115 Å². The molecule has 1 aliphatic carbocycles. The number of amides is 3. The molecule has 2 atom stereocenters. The number of carbonyl (C=O) groups excluding carboxylic acids is 3. The summed E-state index contributed by atoms with van der Waals surface area (Å²) in [5.74, 6) is 3.99. The van der Waals surface area contributed by atoms with E-state index in [4.69, 9.17) is 5.73 Å². The van der Waals surface area contributed by atoms with Crippen molar-refractivity contribution in [3.05, 3.63) is 59.4 Å². The van der Waals surface area contributed by atoms with E-state index in [0.717, 1.165) is 5.56 Å². The minimum Gasteiger partial charge on any atom is -0.406 e. The van der Waals surface area contributed by atoms with Gasteiger partial charge in [-0.2, -0.15) is 0 Å². The summed E-state index contributed by atoms with van der Waals surface area (Å²) in [4.78, 5) is 44.1. The van der Waals surface area contributed by atoms with Crippen LogP contribution in [0.5, 0.6) is 5.75 Å². The van der Waals surface area contributed by atoms with Gasteiger partial charge in [-0.15, -0.1) is 13.2 Å². The van der Waals surface area contributed by atoms with E-state index in [0.29, 0.717) is 43.5 Å². The average molecular weight is 529 g/mol. The summed E-state index contributed by atoms with van der Waals surface area (Å²) in [6.07, 6.45) is -1.32. The summed E-state index contributed by atoms with van der Waals surface area (Å²) < 4.78 is 41.4. The predicted octanol–water partition coefficient (Wildman–Crippen LogP) is 2.72. The Kier molecular flexibility index (Phi) is 7.62. The Labute approximate surface area is 217 Å². The Bertz CT molecular complexity index is 1280. The lowest BCUT2D eigenvalue weighted by Crippen LogP contribution is -2.51. The first-order chi connectivity index (χ1) is 18.0. The maximum atomic E-state index is 13.6. The molecule has 38 heavy (non-hydrogen) atoms. The molecule has 0 spiro atoms. The molecule has 1 aromatic heterocycles. The van der Waals surface area contributed by atoms with Crippen LogP contribution in [-0.4, -0.2) is 52.6 Å². The van der Waals surface area contributed by atoms with Crippen LogP contribution in [0.2, 0.25) is 0 Å². The second-order valence-corrected chi connectivity index (χ2v) is 9.53. The van der Waals surface area contributed by atoms with E-state index in [-0.39, 0.29) is 18.1 Å². The molecule has 11 heteroatoms. The van der Waals surface area contributed by atoms with Gasteiger partial charge >= 0.3 is 6.36 Å². The summed E-state index contributed by atoms with van der Waals surface area (Å²) in [5.41, 5.74) is 6.48. The van der Waals surface area contributed by atoms with E-state index in [1.165, 1.54) is 29.2 Å². The van der Waals surface area contributed by atoms with Gasteiger partial charge < -0.3 is 20.7 Å². The van der Waals surface area contributed by atoms with Crippen molar-refractivity contribution in [2.24, 2.45) is 5.73 Å². The Morgan fingerprint density at radius 1 is 1.24 bits per heavy atom. The van der Waals surface area contributed by atoms with Crippen LogP contribution in [0, 0.1) is 18.8 Å². The molecule has 1 aromatic carbocycles. The minimum atomic E-state index is -4.81. The number of benzene rings is 1. The monoisotopic (exact) mass is 528 g/mol. The number of hydrogen-bond acceptors (Lipinski definition) is 5. The van der Waals surface area contributed by atoms with Crippen LogP contribution >= 0.6 is 0 Å². The molecule has 2 fully saturated rings. The second kappa shape index (κ2) is 10.7. The molecule has 0 unspecified atom stereocenters. The first-order valence-electron chi connectivity index (χ1n) is 12.2. The minimum absolute atomic E-state index is 0.207. The van der Waals surface area contributed by atoms with Crippen molar-refractivity contribution in [3.63, 3.8) is 0 Å². The van der Waals surface area contributed by atoms with Crippen LogP contribution < -0.4 is 15.8 Å². The zero-order valence-electron chi connectivity index (χ0n) is 20.7. The van der Waals surface area contributed by atoms with E-state index in [2.05, 4.69) is 26.9 Å². The van der Waals surface area contributed by atoms with Gasteiger partial charge in [0.15, 0.2) is 0 Å². The summed E-state index contributed by atoms with van der Waals surface area (Å²) in [6.45, 7) is 2.26. The number of carbonyl (C=O) groups is 3. The van der Waals surface area contributed by atoms with E-state index in [1.54, 1.807) is 12.3 Å². The van der Waals surface area contributed by atoms with Crippen LogP contribution in [0.25, 0.3) is 0 Å². The third-order valence-electron chi connectivity index (χ3n) is 6.63. The number of hydrogen-bond donors (Lipinski definition) is 2. The van der Waals surface area contributed by atoms with Crippen molar-refractivity contribution in [1.29, 1.82) is 0 Å². The number of rotatable bonds is 7. The molecule has 0 bridgehead atoms. The van der Waals surface area contributed by atoms with Crippen molar-refractivity contribution < 1.29 is 32.3 Å². The summed E-state index contributed by atoms with van der Waals surface area (Å²) in [5, 5.41) is 2.74. The molecule has 1 saturated carbocycles. The molecule has 2 heterocycles. The molecule has 3 N–H and O–H groups in total. The highest BCUT2D eigenvalue weighted by Gasteiger charge is 2.55. The first kappa shape index (κ1) is 27.0. The summed E-state index contributed by atoms with van der Waals surface area (Å²) in [7, 11) is 0. The summed E-state index contributed by atoms with van der Waals surface area (Å²) in [6, 6.07) is 7.23. The summed E-state index contributed by atoms with van der Waals surface area (Å²) >= 11 is 0. The zero-order chi connectivity index (χ0) is 27.5. The number of nitrogens with one attached hydrogen (secondary N) is 1. The number of aromatic nitrogens is 1. The van der Waals surface area contributed by atoms with Crippen molar-refractivity contribution in [2.75, 3.05) is 6.54 Å². The van der Waals surface area contributed by atoms with Gasteiger partial charge in [0.2, 0.25) is 17.7 Å². The van der Waals surface area contributed by atoms with Crippen LogP contribution in [0.4, 0.5) is 13.2 Å². The quantitative estimate of drug-likeness (QED) is 0.537. The van der Waals surface area contributed by atoms with Gasteiger partial charge in [-0.1, -0.05) is 18.1 Å². The van der Waals surface area contributed by atoms with Gasteiger partial charge in [0.05, 0.1) is 17.9 Å². The van der Waals surface area contributed by atoms with E-state index < -0.39 is 35.7 Å². The Morgan fingerprint density at radius 2 is 1.95 bits per heavy atom. The molecular formula is C27H27F3N4O4. The number of aryl methyl sites for hydroxylation is 1. The molecular weight excluding hydrogens is 501 g/mol. The SMILES string of the molecule is Cc1ccnc(C#C[C@H](CC(N)=O)NC(=O)[C@@H]2CCCN2C(=O)C2(c3ccc(OC(F)(F)F)cc3)CC2)c1. The van der Waals surface area contributed by atoms with E-state index in [9.17, 15) is 27.6 Å². The molecule has 2 aliphatic rings. The van der Waals surface area contributed by atoms with Gasteiger partial charge in [-0.3, -0.25) is 14.4 Å². The largest absolute Gasteiger partial charge is 0.573 e. The van der Waals surface area contributed by atoms with Crippen LogP contribution in [0.1, 0.15) is 48.9 Å². The average Bonchev–Trinajstić information content (AvgIpc) is 3.50. The third-order valence-corrected chi connectivity index (χ3v) is 6.63. The Morgan fingerprint density at radius 3 is 2.55 bits per heavy atom. The van der Waals surface area contributed by atoms with Crippen molar-refractivity contribution in [2.45, 2.75) is 62.9 Å². The fraction of sp³-hybridized carbons (Fsp3) is 0.407. The van der Waals surface area contributed by atoms with Gasteiger partial charge in [0, 0.05) is 12.7 Å². The second-order valence-electron chi connectivity index (χ2n) is 9.53. The highest BCUT2D eigenvalue weighted by atomic mass is 19.4. The predicted molar refractivity (Wildman–Crippen MR) is 130 cm³/mol. The van der Waals surface area contributed by atoms with Crippen LogP contribution in [-0.2, 0) is 19.8 Å². The van der Waals surface area contributed by atoms with Gasteiger partial charge in [0.25, 0.3) is 0 Å². The van der Waals surface area contributed by atoms with Crippen LogP contribution in [0.15, 0.2) is 42.6 Å². The lowest BCUT2D eigenvalue weighted by molar-refractivity contribution is -0.274. The molecule has 2 aromatic rings. The number of halogens is 3.